The summed E-state index contributed by atoms with van der Waals surface area (Å²) in [4.78, 5) is 32.4. The van der Waals surface area contributed by atoms with Crippen LogP contribution < -0.4 is 20.3 Å². The van der Waals surface area contributed by atoms with Gasteiger partial charge in [-0.15, -0.1) is 10.2 Å². The average Bonchev–Trinajstić information content (AvgIpc) is 3.46. The summed E-state index contributed by atoms with van der Waals surface area (Å²) < 4.78 is 11.1. The van der Waals surface area contributed by atoms with E-state index in [0.717, 1.165) is 16.7 Å². The molecule has 0 bridgehead atoms. The predicted octanol–water partition coefficient (Wildman–Crippen LogP) is 2.62. The summed E-state index contributed by atoms with van der Waals surface area (Å²) in [5.74, 6) is 0.980. The highest BCUT2D eigenvalue weighted by atomic mass is 16.5. The third-order valence-corrected chi connectivity index (χ3v) is 5.45. The number of nitrogens with zero attached hydrogens (tertiary/aromatic N) is 4. The number of rotatable bonds is 8. The Kier molecular flexibility index (Phi) is 6.34. The standard InChI is InChI=1S/C25H21N7O4/c1-35-18-5-2-4-16(12-18)13-26-25(34)23-27-19-6-3-7-20(21(19)24(33)28-23)36-14-15-8-10-17(11-9-15)22-29-31-32-30-22/h2-12H,13-14H2,1H3,(H,26,34)(H,27,28,33)(H,29,30,31,32). The van der Waals surface area contributed by atoms with Gasteiger partial charge >= 0.3 is 0 Å². The minimum Gasteiger partial charge on any atom is -0.497 e. The van der Waals surface area contributed by atoms with Gasteiger partial charge in [0, 0.05) is 12.1 Å². The van der Waals surface area contributed by atoms with Crippen molar-refractivity contribution in [1.82, 2.24) is 35.9 Å². The number of H-pyrrole nitrogens is 2. The number of tetrazole rings is 1. The molecular weight excluding hydrogens is 462 g/mol. The highest BCUT2D eigenvalue weighted by molar-refractivity contribution is 5.93. The maximum Gasteiger partial charge on any atom is 0.287 e. The van der Waals surface area contributed by atoms with E-state index < -0.39 is 11.5 Å². The van der Waals surface area contributed by atoms with Crippen LogP contribution in [0.15, 0.2) is 71.5 Å². The van der Waals surface area contributed by atoms with E-state index in [-0.39, 0.29) is 24.4 Å². The SMILES string of the molecule is COc1cccc(CNC(=O)c2nc3cccc(OCc4ccc(-c5nn[nH]n5)cc4)c3c(=O)[nH]2)c1. The van der Waals surface area contributed by atoms with Gasteiger partial charge in [0.1, 0.15) is 23.5 Å². The maximum absolute atomic E-state index is 12.9. The number of methoxy groups -OCH3 is 1. The number of ether oxygens (including phenoxy) is 2. The third kappa shape index (κ3) is 4.89. The van der Waals surface area contributed by atoms with E-state index in [4.69, 9.17) is 9.47 Å². The smallest absolute Gasteiger partial charge is 0.287 e. The number of amides is 1. The summed E-state index contributed by atoms with van der Waals surface area (Å²) in [6, 6.07) is 19.9. The van der Waals surface area contributed by atoms with Crippen LogP contribution in [0.5, 0.6) is 11.5 Å². The summed E-state index contributed by atoms with van der Waals surface area (Å²) in [5, 5.41) is 16.9. The number of hydrogen-bond donors (Lipinski definition) is 3. The molecule has 0 atom stereocenters. The van der Waals surface area contributed by atoms with Crippen LogP contribution in [0.1, 0.15) is 21.7 Å². The largest absolute Gasteiger partial charge is 0.497 e. The van der Waals surface area contributed by atoms with Gasteiger partial charge in [0.25, 0.3) is 11.5 Å². The first-order valence-electron chi connectivity index (χ1n) is 11.0. The topological polar surface area (TPSA) is 148 Å². The Balaban J connectivity index is 1.30. The van der Waals surface area contributed by atoms with Crippen LogP contribution in [-0.4, -0.2) is 43.6 Å². The van der Waals surface area contributed by atoms with Crippen molar-refractivity contribution >= 4 is 16.8 Å². The molecule has 0 radical (unpaired) electrons. The Labute approximate surface area is 204 Å². The van der Waals surface area contributed by atoms with E-state index in [0.29, 0.717) is 22.8 Å². The fourth-order valence-corrected chi connectivity index (χ4v) is 3.63. The van der Waals surface area contributed by atoms with E-state index in [9.17, 15) is 9.59 Å². The molecule has 0 saturated carbocycles. The molecule has 2 aromatic heterocycles. The Morgan fingerprint density at radius 1 is 1.03 bits per heavy atom. The van der Waals surface area contributed by atoms with Crippen molar-refractivity contribution in [2.45, 2.75) is 13.2 Å². The normalized spacial score (nSPS) is 10.8. The van der Waals surface area contributed by atoms with E-state index in [1.54, 1.807) is 25.3 Å². The molecule has 1 amide bonds. The van der Waals surface area contributed by atoms with Crippen molar-refractivity contribution in [2.75, 3.05) is 7.11 Å². The quantitative estimate of drug-likeness (QED) is 0.305. The lowest BCUT2D eigenvalue weighted by Gasteiger charge is -2.10. The highest BCUT2D eigenvalue weighted by Gasteiger charge is 2.15. The lowest BCUT2D eigenvalue weighted by Crippen LogP contribution is -2.27. The molecular formula is C25H21N7O4. The molecule has 180 valence electrons. The van der Waals surface area contributed by atoms with Gasteiger partial charge in [0.2, 0.25) is 5.82 Å². The number of carbonyl (C=O) groups excluding carboxylic acids is 1. The van der Waals surface area contributed by atoms with Crippen molar-refractivity contribution in [2.24, 2.45) is 0 Å². The van der Waals surface area contributed by atoms with Crippen LogP contribution in [0.3, 0.4) is 0 Å². The van der Waals surface area contributed by atoms with Crippen LogP contribution in [0.2, 0.25) is 0 Å². The van der Waals surface area contributed by atoms with Gasteiger partial charge in [-0.25, -0.2) is 4.98 Å². The van der Waals surface area contributed by atoms with Crippen LogP contribution in [0, 0.1) is 0 Å². The Bertz CT molecular complexity index is 1560. The second-order valence-electron chi connectivity index (χ2n) is 7.82. The fraction of sp³-hybridized carbons (Fsp3) is 0.120. The first-order chi connectivity index (χ1) is 17.6. The average molecular weight is 483 g/mol. The second-order valence-corrected chi connectivity index (χ2v) is 7.82. The fourth-order valence-electron chi connectivity index (χ4n) is 3.63. The monoisotopic (exact) mass is 483 g/mol. The van der Waals surface area contributed by atoms with Crippen LogP contribution in [0.25, 0.3) is 22.3 Å². The highest BCUT2D eigenvalue weighted by Crippen LogP contribution is 2.23. The molecule has 2 heterocycles. The van der Waals surface area contributed by atoms with Crippen molar-refractivity contribution in [3.63, 3.8) is 0 Å². The molecule has 5 aromatic rings. The summed E-state index contributed by atoms with van der Waals surface area (Å²) in [7, 11) is 1.58. The number of hydrogen-bond acceptors (Lipinski definition) is 8. The molecule has 0 spiro atoms. The minimum absolute atomic E-state index is 0.0791. The van der Waals surface area contributed by atoms with Crippen LogP contribution >= 0.6 is 0 Å². The van der Waals surface area contributed by atoms with E-state index >= 15 is 0 Å². The first-order valence-corrected chi connectivity index (χ1v) is 11.0. The van der Waals surface area contributed by atoms with Crippen molar-refractivity contribution in [3.05, 3.63) is 94.0 Å². The summed E-state index contributed by atoms with van der Waals surface area (Å²) in [5.41, 5.74) is 2.45. The predicted molar refractivity (Wildman–Crippen MR) is 130 cm³/mol. The van der Waals surface area contributed by atoms with Gasteiger partial charge in [0.05, 0.1) is 12.6 Å². The number of nitrogens with one attached hydrogen (secondary N) is 3. The van der Waals surface area contributed by atoms with Crippen LogP contribution in [0.4, 0.5) is 0 Å². The molecule has 3 N–H and O–H groups in total. The number of aromatic amines is 2. The van der Waals surface area contributed by atoms with Crippen molar-refractivity contribution in [1.29, 1.82) is 0 Å². The van der Waals surface area contributed by atoms with Crippen molar-refractivity contribution in [3.8, 4) is 22.9 Å². The number of fused-ring (bicyclic) bond motifs is 1. The molecule has 5 rings (SSSR count). The molecule has 0 fully saturated rings. The van der Waals surface area contributed by atoms with Gasteiger partial charge in [-0.1, -0.05) is 42.5 Å². The van der Waals surface area contributed by atoms with Gasteiger partial charge in [-0.05, 0) is 40.6 Å². The molecule has 0 saturated heterocycles. The zero-order valence-corrected chi connectivity index (χ0v) is 19.2. The second kappa shape index (κ2) is 10.1. The van der Waals surface area contributed by atoms with Gasteiger partial charge in [-0.2, -0.15) is 5.21 Å². The summed E-state index contributed by atoms with van der Waals surface area (Å²) >= 11 is 0. The number of aromatic nitrogens is 6. The molecule has 0 aliphatic rings. The Hall–Kier alpha value is -5.06. The molecule has 11 nitrogen and oxygen atoms in total. The van der Waals surface area contributed by atoms with Gasteiger partial charge in [0.15, 0.2) is 5.82 Å². The molecule has 11 heteroatoms. The van der Waals surface area contributed by atoms with E-state index in [1.165, 1.54) is 0 Å². The van der Waals surface area contributed by atoms with E-state index in [2.05, 4.69) is 35.9 Å². The molecule has 36 heavy (non-hydrogen) atoms. The lowest BCUT2D eigenvalue weighted by atomic mass is 10.1. The summed E-state index contributed by atoms with van der Waals surface area (Å²) in [6.07, 6.45) is 0. The van der Waals surface area contributed by atoms with E-state index in [1.807, 2.05) is 48.5 Å². The van der Waals surface area contributed by atoms with Crippen molar-refractivity contribution < 1.29 is 14.3 Å². The third-order valence-electron chi connectivity index (χ3n) is 5.45. The van der Waals surface area contributed by atoms with Gasteiger partial charge in [-0.3, -0.25) is 9.59 Å². The van der Waals surface area contributed by atoms with Gasteiger partial charge < -0.3 is 19.8 Å². The number of benzene rings is 3. The Morgan fingerprint density at radius 3 is 2.64 bits per heavy atom. The zero-order valence-electron chi connectivity index (χ0n) is 19.2. The Morgan fingerprint density at radius 2 is 1.86 bits per heavy atom. The molecule has 3 aromatic carbocycles. The molecule has 0 aliphatic heterocycles. The first kappa shape index (κ1) is 22.7. The number of carbonyl (C=O) groups is 1. The minimum atomic E-state index is -0.496. The zero-order chi connectivity index (χ0) is 24.9. The lowest BCUT2D eigenvalue weighted by molar-refractivity contribution is 0.0940. The summed E-state index contributed by atoms with van der Waals surface area (Å²) in [6.45, 7) is 0.486. The molecule has 0 aliphatic carbocycles. The molecule has 0 unspecified atom stereocenters. The van der Waals surface area contributed by atoms with Crippen LogP contribution in [-0.2, 0) is 13.2 Å². The maximum atomic E-state index is 12.9.